The van der Waals surface area contributed by atoms with Crippen LogP contribution in [0.3, 0.4) is 0 Å². The number of rotatable bonds is 5. The Morgan fingerprint density at radius 3 is 2.68 bits per heavy atom. The molecule has 3 amide bonds. The maximum atomic E-state index is 12.2. The highest BCUT2D eigenvalue weighted by Gasteiger charge is 2.48. The van der Waals surface area contributed by atoms with Gasteiger partial charge in [0.05, 0.1) is 0 Å². The number of carbonyl (C=O) groups excluding carboxylic acids is 2. The molecule has 1 aromatic rings. The van der Waals surface area contributed by atoms with Gasteiger partial charge in [0.25, 0.3) is 5.91 Å². The van der Waals surface area contributed by atoms with E-state index in [4.69, 9.17) is 4.99 Å². The molecule has 1 unspecified atom stereocenters. The van der Waals surface area contributed by atoms with Gasteiger partial charge in [0.2, 0.25) is 0 Å². The first-order chi connectivity index (χ1) is 13.4. The summed E-state index contributed by atoms with van der Waals surface area (Å²) in [6.07, 6.45) is 2.59. The van der Waals surface area contributed by atoms with Gasteiger partial charge in [-0.15, -0.1) is 0 Å². The number of aliphatic imine (C=N–C) groups is 1. The number of benzene rings is 1. The molecule has 2 aliphatic rings. The number of carbonyl (C=O) groups is 2. The maximum Gasteiger partial charge on any atom is 0.322 e. The van der Waals surface area contributed by atoms with Crippen molar-refractivity contribution in [3.05, 3.63) is 35.4 Å². The molecule has 0 spiro atoms. The molecule has 3 N–H and O–H groups in total. The average molecular weight is 386 g/mol. The van der Waals surface area contributed by atoms with Gasteiger partial charge >= 0.3 is 6.03 Å². The Labute approximate surface area is 167 Å². The summed E-state index contributed by atoms with van der Waals surface area (Å²) in [6.45, 7) is 9.20. The molecule has 0 bridgehead atoms. The molecule has 2 fully saturated rings. The Morgan fingerprint density at radius 1 is 1.32 bits per heavy atom. The van der Waals surface area contributed by atoms with E-state index in [1.807, 2.05) is 6.92 Å². The van der Waals surface area contributed by atoms with Gasteiger partial charge in [-0.2, -0.15) is 0 Å². The second kappa shape index (κ2) is 8.63. The third-order valence-electron chi connectivity index (χ3n) is 5.76. The van der Waals surface area contributed by atoms with Crippen LogP contribution in [0.1, 0.15) is 37.8 Å². The van der Waals surface area contributed by atoms with Gasteiger partial charge in [-0.25, -0.2) is 4.79 Å². The van der Waals surface area contributed by atoms with E-state index in [0.29, 0.717) is 0 Å². The summed E-state index contributed by atoms with van der Waals surface area (Å²) in [7, 11) is 0. The first-order valence-corrected chi connectivity index (χ1v) is 10.1. The fraction of sp³-hybridized carbons (Fsp3) is 0.571. The van der Waals surface area contributed by atoms with E-state index in [2.05, 4.69) is 59.0 Å². The fourth-order valence-corrected chi connectivity index (χ4v) is 4.10. The van der Waals surface area contributed by atoms with E-state index in [1.54, 1.807) is 0 Å². The Morgan fingerprint density at radius 2 is 2.07 bits per heavy atom. The molecule has 0 saturated carbocycles. The van der Waals surface area contributed by atoms with Crippen LogP contribution in [0.25, 0.3) is 0 Å². The number of hydrogen-bond acceptors (Lipinski definition) is 3. The second-order valence-corrected chi connectivity index (χ2v) is 7.85. The number of likely N-dealkylation sites (tertiary alicyclic amines) is 1. The molecule has 152 valence electrons. The number of piperidine rings is 1. The molecule has 2 saturated heterocycles. The van der Waals surface area contributed by atoms with Gasteiger partial charge in [0.15, 0.2) is 5.96 Å². The number of guanidine groups is 1. The van der Waals surface area contributed by atoms with Crippen molar-refractivity contribution < 1.29 is 9.59 Å². The number of amides is 3. The fourth-order valence-electron chi connectivity index (χ4n) is 4.10. The molecule has 7 nitrogen and oxygen atoms in total. The van der Waals surface area contributed by atoms with Crippen LogP contribution in [0.15, 0.2) is 29.3 Å². The number of imide groups is 1. The Bertz CT molecular complexity index is 755. The lowest BCUT2D eigenvalue weighted by atomic mass is 9.79. The van der Waals surface area contributed by atoms with Crippen molar-refractivity contribution in [1.82, 2.24) is 20.9 Å². The SMILES string of the molecule is CCNC(=NCCc1cccc(C)c1)N1CCC(C2(C)NC(=O)NC2=O)CC1. The molecule has 3 rings (SSSR count). The Hall–Kier alpha value is -2.57. The molecule has 28 heavy (non-hydrogen) atoms. The first-order valence-electron chi connectivity index (χ1n) is 10.1. The number of urea groups is 1. The van der Waals surface area contributed by atoms with Crippen LogP contribution in [0.4, 0.5) is 4.79 Å². The molecule has 0 aliphatic carbocycles. The summed E-state index contributed by atoms with van der Waals surface area (Å²) in [5.41, 5.74) is 1.77. The molecular weight excluding hydrogens is 354 g/mol. The van der Waals surface area contributed by atoms with Gasteiger partial charge in [-0.1, -0.05) is 29.8 Å². The second-order valence-electron chi connectivity index (χ2n) is 7.85. The van der Waals surface area contributed by atoms with Gasteiger partial charge < -0.3 is 15.5 Å². The zero-order chi connectivity index (χ0) is 20.1. The van der Waals surface area contributed by atoms with Crippen molar-refractivity contribution in [1.29, 1.82) is 0 Å². The highest BCUT2D eigenvalue weighted by atomic mass is 16.2. The van der Waals surface area contributed by atoms with Crippen LogP contribution < -0.4 is 16.0 Å². The standard InChI is InChI=1S/C21H31N5O2/c1-4-22-19(23-11-8-16-7-5-6-15(2)14-16)26-12-9-17(10-13-26)21(3)18(27)24-20(28)25-21/h5-7,14,17H,4,8-13H2,1-3H3,(H,22,23)(H2,24,25,27,28). The molecular formula is C21H31N5O2. The quantitative estimate of drug-likeness (QED) is 0.410. The topological polar surface area (TPSA) is 85.8 Å². The van der Waals surface area contributed by atoms with E-state index in [1.165, 1.54) is 11.1 Å². The monoisotopic (exact) mass is 385 g/mol. The van der Waals surface area contributed by atoms with Crippen molar-refractivity contribution in [2.24, 2.45) is 10.9 Å². The number of hydrogen-bond donors (Lipinski definition) is 3. The maximum absolute atomic E-state index is 12.2. The van der Waals surface area contributed by atoms with Gasteiger partial charge in [-0.05, 0) is 51.5 Å². The van der Waals surface area contributed by atoms with E-state index >= 15 is 0 Å². The normalized spacial score (nSPS) is 23.5. The summed E-state index contributed by atoms with van der Waals surface area (Å²) in [5.74, 6) is 0.846. The molecule has 7 heteroatoms. The number of nitrogens with zero attached hydrogens (tertiary/aromatic N) is 2. The van der Waals surface area contributed by atoms with Crippen molar-refractivity contribution in [3.63, 3.8) is 0 Å². The summed E-state index contributed by atoms with van der Waals surface area (Å²) in [4.78, 5) is 30.8. The van der Waals surface area contributed by atoms with Crippen LogP contribution in [-0.4, -0.2) is 54.5 Å². The number of aryl methyl sites for hydroxylation is 1. The van der Waals surface area contributed by atoms with Crippen molar-refractivity contribution in [3.8, 4) is 0 Å². The van der Waals surface area contributed by atoms with Crippen molar-refractivity contribution >= 4 is 17.9 Å². The molecule has 1 aromatic carbocycles. The highest BCUT2D eigenvalue weighted by Crippen LogP contribution is 2.30. The van der Waals surface area contributed by atoms with Crippen LogP contribution in [-0.2, 0) is 11.2 Å². The van der Waals surface area contributed by atoms with Crippen molar-refractivity contribution in [2.45, 2.75) is 45.6 Å². The van der Waals surface area contributed by atoms with Gasteiger partial charge in [-0.3, -0.25) is 15.1 Å². The summed E-state index contributed by atoms with van der Waals surface area (Å²) in [6, 6.07) is 8.15. The number of nitrogens with one attached hydrogen (secondary N) is 3. The van der Waals surface area contributed by atoms with Crippen molar-refractivity contribution in [2.75, 3.05) is 26.2 Å². The zero-order valence-electron chi connectivity index (χ0n) is 17.0. The molecule has 0 aromatic heterocycles. The molecule has 2 aliphatic heterocycles. The van der Waals surface area contributed by atoms with E-state index in [-0.39, 0.29) is 17.9 Å². The third-order valence-corrected chi connectivity index (χ3v) is 5.76. The Kier molecular flexibility index (Phi) is 6.21. The predicted octanol–water partition coefficient (Wildman–Crippen LogP) is 1.81. The minimum absolute atomic E-state index is 0.130. The van der Waals surface area contributed by atoms with E-state index in [0.717, 1.165) is 51.4 Å². The molecule has 0 radical (unpaired) electrons. The lowest BCUT2D eigenvalue weighted by Crippen LogP contribution is -2.55. The minimum atomic E-state index is -0.802. The summed E-state index contributed by atoms with van der Waals surface area (Å²) >= 11 is 0. The van der Waals surface area contributed by atoms with Crippen LogP contribution in [0.2, 0.25) is 0 Å². The van der Waals surface area contributed by atoms with Crippen LogP contribution in [0, 0.1) is 12.8 Å². The summed E-state index contributed by atoms with van der Waals surface area (Å²) < 4.78 is 0. The van der Waals surface area contributed by atoms with E-state index < -0.39 is 5.54 Å². The highest BCUT2D eigenvalue weighted by molar-refractivity contribution is 6.07. The predicted molar refractivity (Wildman–Crippen MR) is 110 cm³/mol. The van der Waals surface area contributed by atoms with Crippen LogP contribution >= 0.6 is 0 Å². The molecule has 1 atom stereocenters. The average Bonchev–Trinajstić information content (AvgIpc) is 2.94. The van der Waals surface area contributed by atoms with Crippen LogP contribution in [0.5, 0.6) is 0 Å². The smallest absolute Gasteiger partial charge is 0.322 e. The zero-order valence-corrected chi connectivity index (χ0v) is 17.0. The third kappa shape index (κ3) is 4.46. The molecule has 2 heterocycles. The minimum Gasteiger partial charge on any atom is -0.357 e. The lowest BCUT2D eigenvalue weighted by Gasteiger charge is -2.39. The van der Waals surface area contributed by atoms with Gasteiger partial charge in [0, 0.05) is 26.2 Å². The largest absolute Gasteiger partial charge is 0.357 e. The summed E-state index contributed by atoms with van der Waals surface area (Å²) in [5, 5.41) is 8.57. The van der Waals surface area contributed by atoms with E-state index in [9.17, 15) is 9.59 Å². The lowest BCUT2D eigenvalue weighted by molar-refractivity contribution is -0.125. The Balaban J connectivity index is 1.58. The van der Waals surface area contributed by atoms with Gasteiger partial charge in [0.1, 0.15) is 5.54 Å². The first kappa shape index (κ1) is 20.2.